The van der Waals surface area contributed by atoms with Gasteiger partial charge in [-0.15, -0.1) is 0 Å². The number of rotatable bonds is 3. The number of hydrogen-bond donors (Lipinski definition) is 1. The van der Waals surface area contributed by atoms with Crippen molar-refractivity contribution in [2.24, 2.45) is 5.41 Å². The molecule has 0 spiro atoms. The van der Waals surface area contributed by atoms with Gasteiger partial charge < -0.3 is 10.1 Å². The first-order chi connectivity index (χ1) is 8.59. The molecule has 1 aliphatic rings. The van der Waals surface area contributed by atoms with Gasteiger partial charge in [0.1, 0.15) is 4.60 Å². The van der Waals surface area contributed by atoms with Gasteiger partial charge in [0.15, 0.2) is 0 Å². The van der Waals surface area contributed by atoms with E-state index in [1.807, 2.05) is 0 Å². The summed E-state index contributed by atoms with van der Waals surface area (Å²) in [6.45, 7) is 4.44. The van der Waals surface area contributed by atoms with Gasteiger partial charge in [-0.3, -0.25) is 4.79 Å². The lowest BCUT2D eigenvalue weighted by Gasteiger charge is -2.33. The average molecular weight is 313 g/mol. The van der Waals surface area contributed by atoms with Crippen molar-refractivity contribution in [3.63, 3.8) is 0 Å². The molecule has 0 radical (unpaired) electrons. The predicted molar refractivity (Wildman–Crippen MR) is 72.4 cm³/mol. The fourth-order valence-electron chi connectivity index (χ4n) is 1.95. The van der Waals surface area contributed by atoms with Crippen molar-refractivity contribution in [3.05, 3.63) is 28.5 Å². The van der Waals surface area contributed by atoms with E-state index in [4.69, 9.17) is 4.74 Å². The molecule has 0 saturated carbocycles. The molecule has 1 aliphatic heterocycles. The van der Waals surface area contributed by atoms with Gasteiger partial charge in [0.25, 0.3) is 5.91 Å². The normalized spacial score (nSPS) is 18.3. The van der Waals surface area contributed by atoms with Crippen LogP contribution in [-0.4, -0.2) is 30.6 Å². The Morgan fingerprint density at radius 1 is 1.50 bits per heavy atom. The van der Waals surface area contributed by atoms with Crippen molar-refractivity contribution in [2.75, 3.05) is 19.8 Å². The number of amides is 1. The van der Waals surface area contributed by atoms with Crippen LogP contribution in [0.15, 0.2) is 22.9 Å². The Balaban J connectivity index is 1.89. The van der Waals surface area contributed by atoms with Gasteiger partial charge in [0.2, 0.25) is 0 Å². The number of carbonyl (C=O) groups is 1. The number of nitrogens with zero attached hydrogens (tertiary/aromatic N) is 1. The van der Waals surface area contributed by atoms with Crippen LogP contribution < -0.4 is 5.32 Å². The molecule has 5 heteroatoms. The van der Waals surface area contributed by atoms with E-state index in [1.165, 1.54) is 0 Å². The third kappa shape index (κ3) is 3.53. The third-order valence-electron chi connectivity index (χ3n) is 3.37. The summed E-state index contributed by atoms with van der Waals surface area (Å²) in [7, 11) is 0. The molecule has 98 valence electrons. The molecule has 1 saturated heterocycles. The third-order valence-corrected chi connectivity index (χ3v) is 3.83. The number of hydrogen-bond acceptors (Lipinski definition) is 3. The van der Waals surface area contributed by atoms with Crippen molar-refractivity contribution in [3.8, 4) is 0 Å². The SMILES string of the molecule is CC1(CNC(=O)c2ccc(Br)nc2)CCOCC1. The Labute approximate surface area is 115 Å². The summed E-state index contributed by atoms with van der Waals surface area (Å²) in [5.74, 6) is -0.0669. The molecule has 0 bridgehead atoms. The molecular weight excluding hydrogens is 296 g/mol. The molecule has 18 heavy (non-hydrogen) atoms. The van der Waals surface area contributed by atoms with Crippen LogP contribution in [0.4, 0.5) is 0 Å². The van der Waals surface area contributed by atoms with Gasteiger partial charge >= 0.3 is 0 Å². The van der Waals surface area contributed by atoms with E-state index in [-0.39, 0.29) is 11.3 Å². The first-order valence-corrected chi connectivity index (χ1v) is 6.86. The second-order valence-corrected chi connectivity index (χ2v) is 5.79. The molecule has 0 aliphatic carbocycles. The first kappa shape index (κ1) is 13.5. The number of halogens is 1. The first-order valence-electron chi connectivity index (χ1n) is 6.07. The van der Waals surface area contributed by atoms with Crippen molar-refractivity contribution >= 4 is 21.8 Å². The molecule has 1 amide bonds. The lowest BCUT2D eigenvalue weighted by molar-refractivity contribution is 0.0238. The van der Waals surface area contributed by atoms with Crippen LogP contribution in [0, 0.1) is 5.41 Å². The van der Waals surface area contributed by atoms with E-state index in [2.05, 4.69) is 33.2 Å². The van der Waals surface area contributed by atoms with E-state index in [1.54, 1.807) is 18.3 Å². The molecule has 2 heterocycles. The minimum absolute atomic E-state index is 0.0669. The quantitative estimate of drug-likeness (QED) is 0.872. The van der Waals surface area contributed by atoms with Crippen molar-refractivity contribution in [1.82, 2.24) is 10.3 Å². The molecule has 2 rings (SSSR count). The Kier molecular flexibility index (Phi) is 4.35. The highest BCUT2D eigenvalue weighted by Crippen LogP contribution is 2.28. The highest BCUT2D eigenvalue weighted by Gasteiger charge is 2.27. The van der Waals surface area contributed by atoms with Gasteiger partial charge in [0.05, 0.1) is 5.56 Å². The molecule has 1 fully saturated rings. The Morgan fingerprint density at radius 3 is 2.83 bits per heavy atom. The molecule has 0 aromatic carbocycles. The number of ether oxygens (including phenoxy) is 1. The highest BCUT2D eigenvalue weighted by atomic mass is 79.9. The zero-order valence-corrected chi connectivity index (χ0v) is 12.0. The highest BCUT2D eigenvalue weighted by molar-refractivity contribution is 9.10. The Hall–Kier alpha value is -0.940. The van der Waals surface area contributed by atoms with Crippen molar-refractivity contribution in [2.45, 2.75) is 19.8 Å². The smallest absolute Gasteiger partial charge is 0.252 e. The van der Waals surface area contributed by atoms with Gasteiger partial charge in [-0.05, 0) is 46.3 Å². The minimum atomic E-state index is -0.0669. The average Bonchev–Trinajstić information content (AvgIpc) is 2.38. The van der Waals surface area contributed by atoms with Crippen LogP contribution in [0.1, 0.15) is 30.1 Å². The summed E-state index contributed by atoms with van der Waals surface area (Å²) in [5, 5.41) is 2.98. The second-order valence-electron chi connectivity index (χ2n) is 4.98. The largest absolute Gasteiger partial charge is 0.381 e. The number of nitrogens with one attached hydrogen (secondary N) is 1. The lowest BCUT2D eigenvalue weighted by atomic mass is 9.82. The standard InChI is InChI=1S/C13H17BrN2O2/c1-13(4-6-18-7-5-13)9-16-12(17)10-2-3-11(14)15-8-10/h2-3,8H,4-7,9H2,1H3,(H,16,17). The van der Waals surface area contributed by atoms with Gasteiger partial charge in [-0.1, -0.05) is 6.92 Å². The van der Waals surface area contributed by atoms with Gasteiger partial charge in [0, 0.05) is 26.0 Å². The van der Waals surface area contributed by atoms with Gasteiger partial charge in [-0.25, -0.2) is 4.98 Å². The molecular formula is C13H17BrN2O2. The maximum atomic E-state index is 11.9. The van der Waals surface area contributed by atoms with E-state index < -0.39 is 0 Å². The van der Waals surface area contributed by atoms with E-state index in [0.717, 1.165) is 30.7 Å². The summed E-state index contributed by atoms with van der Waals surface area (Å²) in [6, 6.07) is 3.53. The molecule has 0 atom stereocenters. The minimum Gasteiger partial charge on any atom is -0.381 e. The molecule has 4 nitrogen and oxygen atoms in total. The van der Waals surface area contributed by atoms with Crippen LogP contribution in [-0.2, 0) is 4.74 Å². The van der Waals surface area contributed by atoms with Crippen LogP contribution >= 0.6 is 15.9 Å². The molecule has 1 aromatic heterocycles. The van der Waals surface area contributed by atoms with Crippen LogP contribution in [0.25, 0.3) is 0 Å². The number of aromatic nitrogens is 1. The molecule has 0 unspecified atom stereocenters. The maximum Gasteiger partial charge on any atom is 0.252 e. The van der Waals surface area contributed by atoms with Crippen LogP contribution in [0.5, 0.6) is 0 Å². The number of pyridine rings is 1. The van der Waals surface area contributed by atoms with E-state index >= 15 is 0 Å². The van der Waals surface area contributed by atoms with Crippen molar-refractivity contribution < 1.29 is 9.53 Å². The summed E-state index contributed by atoms with van der Waals surface area (Å²) < 4.78 is 6.07. The van der Waals surface area contributed by atoms with Crippen LogP contribution in [0.2, 0.25) is 0 Å². The summed E-state index contributed by atoms with van der Waals surface area (Å²) in [5.41, 5.74) is 0.741. The number of carbonyl (C=O) groups excluding carboxylic acids is 1. The van der Waals surface area contributed by atoms with E-state index in [9.17, 15) is 4.79 Å². The van der Waals surface area contributed by atoms with Crippen LogP contribution in [0.3, 0.4) is 0 Å². The zero-order valence-electron chi connectivity index (χ0n) is 10.4. The van der Waals surface area contributed by atoms with Crippen molar-refractivity contribution in [1.29, 1.82) is 0 Å². The second kappa shape index (κ2) is 5.80. The topological polar surface area (TPSA) is 51.2 Å². The zero-order chi connectivity index (χ0) is 13.0. The fraction of sp³-hybridized carbons (Fsp3) is 0.538. The fourth-order valence-corrected chi connectivity index (χ4v) is 2.18. The Bertz CT molecular complexity index is 414. The maximum absolute atomic E-state index is 11.9. The monoisotopic (exact) mass is 312 g/mol. The summed E-state index contributed by atoms with van der Waals surface area (Å²) >= 11 is 3.25. The predicted octanol–water partition coefficient (Wildman–Crippen LogP) is 2.39. The van der Waals surface area contributed by atoms with E-state index in [0.29, 0.717) is 12.1 Å². The van der Waals surface area contributed by atoms with Gasteiger partial charge in [-0.2, -0.15) is 0 Å². The summed E-state index contributed by atoms with van der Waals surface area (Å²) in [6.07, 6.45) is 3.56. The molecule has 1 N–H and O–H groups in total. The molecule has 1 aromatic rings. The lowest BCUT2D eigenvalue weighted by Crippen LogP contribution is -2.39. The summed E-state index contributed by atoms with van der Waals surface area (Å²) in [4.78, 5) is 16.0. The Morgan fingerprint density at radius 2 is 2.22 bits per heavy atom.